The van der Waals surface area contributed by atoms with Crippen molar-refractivity contribution in [1.82, 2.24) is 20.9 Å². The number of hydrogen-bond donors (Lipinski definition) is 3. The van der Waals surface area contributed by atoms with E-state index in [1.165, 1.54) is 0 Å². The van der Waals surface area contributed by atoms with Gasteiger partial charge in [-0.05, 0) is 43.2 Å². The summed E-state index contributed by atoms with van der Waals surface area (Å²) in [5.41, 5.74) is 1.68. The van der Waals surface area contributed by atoms with Gasteiger partial charge in [0.2, 0.25) is 0 Å². The largest absolute Gasteiger partial charge is 0.353 e. The van der Waals surface area contributed by atoms with Crippen LogP contribution in [0.15, 0.2) is 47.6 Å². The van der Waals surface area contributed by atoms with E-state index in [2.05, 4.69) is 30.8 Å². The van der Waals surface area contributed by atoms with Crippen molar-refractivity contribution in [3.63, 3.8) is 0 Å². The first-order chi connectivity index (χ1) is 14.1. The average molecular weight is 415 g/mol. The monoisotopic (exact) mass is 414 g/mol. The molecule has 1 fully saturated rings. The minimum Gasteiger partial charge on any atom is -0.353 e. The predicted octanol–water partition coefficient (Wildman–Crippen LogP) is 2.43. The highest BCUT2D eigenvalue weighted by molar-refractivity contribution is 6.32. The molecule has 0 bridgehead atoms. The molecule has 1 atom stereocenters. The van der Waals surface area contributed by atoms with E-state index in [1.807, 2.05) is 43.3 Å². The Kier molecular flexibility index (Phi) is 7.30. The van der Waals surface area contributed by atoms with Crippen LogP contribution in [0.5, 0.6) is 0 Å². The summed E-state index contributed by atoms with van der Waals surface area (Å²) in [6.07, 6.45) is 2.73. The maximum Gasteiger partial charge on any atom is 0.251 e. The Morgan fingerprint density at radius 1 is 1.31 bits per heavy atom. The minimum atomic E-state index is -0.0592. The van der Waals surface area contributed by atoms with Gasteiger partial charge in [-0.2, -0.15) is 0 Å². The van der Waals surface area contributed by atoms with Crippen molar-refractivity contribution >= 4 is 29.3 Å². The van der Waals surface area contributed by atoms with Gasteiger partial charge in [-0.3, -0.25) is 9.79 Å². The standard InChI is InChI=1S/C21H27ClN6O/c1-3-24-20(29)16-7-4-6-15(12-16)13-26-21(23-2)27-17-9-11-28(14-17)19-18(22)8-5-10-25-19/h4-8,10,12,17H,3,9,11,13-14H2,1-2H3,(H,24,29)(H2,23,26,27). The molecule has 1 aromatic heterocycles. The molecule has 1 saturated heterocycles. The van der Waals surface area contributed by atoms with Crippen LogP contribution >= 0.6 is 11.6 Å². The number of aromatic nitrogens is 1. The number of carbonyl (C=O) groups excluding carboxylic acids is 1. The molecule has 1 aliphatic heterocycles. The van der Waals surface area contributed by atoms with Crippen molar-refractivity contribution in [2.75, 3.05) is 31.6 Å². The summed E-state index contributed by atoms with van der Waals surface area (Å²) in [6.45, 7) is 4.80. The third kappa shape index (κ3) is 5.60. The normalized spacial score (nSPS) is 16.6. The number of hydrogen-bond acceptors (Lipinski definition) is 4. The maximum absolute atomic E-state index is 12.0. The Morgan fingerprint density at radius 2 is 2.17 bits per heavy atom. The summed E-state index contributed by atoms with van der Waals surface area (Å²) in [7, 11) is 1.75. The number of nitrogens with zero attached hydrogens (tertiary/aromatic N) is 3. The van der Waals surface area contributed by atoms with Crippen LogP contribution in [0.2, 0.25) is 5.02 Å². The Hall–Kier alpha value is -2.80. The fourth-order valence-corrected chi connectivity index (χ4v) is 3.58. The highest BCUT2D eigenvalue weighted by atomic mass is 35.5. The van der Waals surface area contributed by atoms with E-state index < -0.39 is 0 Å². The zero-order chi connectivity index (χ0) is 20.6. The van der Waals surface area contributed by atoms with E-state index in [9.17, 15) is 4.79 Å². The molecule has 2 heterocycles. The summed E-state index contributed by atoms with van der Waals surface area (Å²) < 4.78 is 0. The highest BCUT2D eigenvalue weighted by Gasteiger charge is 2.25. The number of benzene rings is 1. The Bertz CT molecular complexity index is 872. The Labute approximate surface area is 176 Å². The molecular weight excluding hydrogens is 388 g/mol. The summed E-state index contributed by atoms with van der Waals surface area (Å²) in [5.74, 6) is 1.49. The molecule has 1 aromatic carbocycles. The van der Waals surface area contributed by atoms with Crippen LogP contribution in [-0.2, 0) is 6.54 Å². The third-order valence-corrected chi connectivity index (χ3v) is 5.07. The Balaban J connectivity index is 1.53. The fraction of sp³-hybridized carbons (Fsp3) is 0.381. The number of aliphatic imine (C=N–C) groups is 1. The van der Waals surface area contributed by atoms with Gasteiger partial charge in [0.05, 0.1) is 5.02 Å². The molecular formula is C21H27ClN6O. The van der Waals surface area contributed by atoms with Crippen LogP contribution in [0.25, 0.3) is 0 Å². The van der Waals surface area contributed by atoms with Gasteiger partial charge in [-0.1, -0.05) is 23.7 Å². The van der Waals surface area contributed by atoms with E-state index in [0.717, 1.165) is 36.9 Å². The van der Waals surface area contributed by atoms with Gasteiger partial charge in [0.1, 0.15) is 5.82 Å². The lowest BCUT2D eigenvalue weighted by molar-refractivity contribution is 0.0955. The lowest BCUT2D eigenvalue weighted by Crippen LogP contribution is -2.44. The van der Waals surface area contributed by atoms with Crippen molar-refractivity contribution < 1.29 is 4.79 Å². The van der Waals surface area contributed by atoms with Crippen LogP contribution < -0.4 is 20.9 Å². The van der Waals surface area contributed by atoms with Crippen LogP contribution in [0.1, 0.15) is 29.3 Å². The van der Waals surface area contributed by atoms with Gasteiger partial charge < -0.3 is 20.9 Å². The maximum atomic E-state index is 12.0. The van der Waals surface area contributed by atoms with Crippen molar-refractivity contribution in [1.29, 1.82) is 0 Å². The molecule has 0 saturated carbocycles. The van der Waals surface area contributed by atoms with Gasteiger partial charge in [0.15, 0.2) is 5.96 Å². The predicted molar refractivity (Wildman–Crippen MR) is 118 cm³/mol. The van der Waals surface area contributed by atoms with Gasteiger partial charge in [0.25, 0.3) is 5.91 Å². The van der Waals surface area contributed by atoms with Crippen LogP contribution in [0, 0.1) is 0 Å². The second-order valence-corrected chi connectivity index (χ2v) is 7.28. The molecule has 154 valence electrons. The van der Waals surface area contributed by atoms with E-state index in [-0.39, 0.29) is 11.9 Å². The van der Waals surface area contributed by atoms with Crippen LogP contribution in [0.4, 0.5) is 5.82 Å². The number of rotatable bonds is 6. The fourth-order valence-electron chi connectivity index (χ4n) is 3.34. The molecule has 8 heteroatoms. The van der Waals surface area contributed by atoms with E-state index in [0.29, 0.717) is 23.7 Å². The molecule has 1 aliphatic rings. The van der Waals surface area contributed by atoms with E-state index >= 15 is 0 Å². The SMILES string of the molecule is CCNC(=O)c1cccc(CNC(=NC)NC2CCN(c3ncccc3Cl)C2)c1. The summed E-state index contributed by atoms with van der Waals surface area (Å²) >= 11 is 6.27. The van der Waals surface area contributed by atoms with Gasteiger partial charge in [-0.15, -0.1) is 0 Å². The molecule has 3 N–H and O–H groups in total. The number of nitrogens with one attached hydrogen (secondary N) is 3. The summed E-state index contributed by atoms with van der Waals surface area (Å²) in [6, 6.07) is 11.5. The lowest BCUT2D eigenvalue weighted by Gasteiger charge is -2.20. The zero-order valence-corrected chi connectivity index (χ0v) is 17.5. The van der Waals surface area contributed by atoms with Crippen molar-refractivity contribution in [2.45, 2.75) is 25.9 Å². The topological polar surface area (TPSA) is 81.6 Å². The van der Waals surface area contributed by atoms with Gasteiger partial charge in [-0.25, -0.2) is 4.98 Å². The molecule has 2 aromatic rings. The van der Waals surface area contributed by atoms with Crippen molar-refractivity contribution in [3.8, 4) is 0 Å². The molecule has 0 spiro atoms. The molecule has 1 amide bonds. The number of guanidine groups is 1. The second kappa shape index (κ2) is 10.1. The average Bonchev–Trinajstić information content (AvgIpc) is 3.20. The molecule has 0 aliphatic carbocycles. The number of pyridine rings is 1. The van der Waals surface area contributed by atoms with Crippen LogP contribution in [0.3, 0.4) is 0 Å². The number of carbonyl (C=O) groups is 1. The highest BCUT2D eigenvalue weighted by Crippen LogP contribution is 2.25. The number of halogens is 1. The second-order valence-electron chi connectivity index (χ2n) is 6.87. The summed E-state index contributed by atoms with van der Waals surface area (Å²) in [5, 5.41) is 10.3. The van der Waals surface area contributed by atoms with Gasteiger partial charge in [0, 0.05) is 51.0 Å². The van der Waals surface area contributed by atoms with Crippen LogP contribution in [-0.4, -0.2) is 49.6 Å². The number of amides is 1. The number of anilines is 1. The zero-order valence-electron chi connectivity index (χ0n) is 16.8. The smallest absolute Gasteiger partial charge is 0.251 e. The minimum absolute atomic E-state index is 0.0592. The summed E-state index contributed by atoms with van der Waals surface area (Å²) in [4.78, 5) is 22.9. The lowest BCUT2D eigenvalue weighted by atomic mass is 10.1. The molecule has 1 unspecified atom stereocenters. The molecule has 3 rings (SSSR count). The quantitative estimate of drug-likeness (QED) is 0.499. The first kappa shape index (κ1) is 20.9. The van der Waals surface area contributed by atoms with Crippen molar-refractivity contribution in [2.24, 2.45) is 4.99 Å². The molecule has 0 radical (unpaired) electrons. The molecule has 7 nitrogen and oxygen atoms in total. The van der Waals surface area contributed by atoms with Gasteiger partial charge >= 0.3 is 0 Å². The Morgan fingerprint density at radius 3 is 2.93 bits per heavy atom. The van der Waals surface area contributed by atoms with Crippen molar-refractivity contribution in [3.05, 3.63) is 58.7 Å². The van der Waals surface area contributed by atoms with E-state index in [4.69, 9.17) is 11.6 Å². The molecule has 29 heavy (non-hydrogen) atoms. The first-order valence-corrected chi connectivity index (χ1v) is 10.2. The third-order valence-electron chi connectivity index (χ3n) is 4.78. The van der Waals surface area contributed by atoms with E-state index in [1.54, 1.807) is 13.2 Å². The first-order valence-electron chi connectivity index (χ1n) is 9.80.